The highest BCUT2D eigenvalue weighted by Gasteiger charge is 2.09. The maximum atomic E-state index is 12.5. The minimum atomic E-state index is -0.235. The summed E-state index contributed by atoms with van der Waals surface area (Å²) < 4.78 is 7.39. The molecule has 0 atom stereocenters. The molecule has 5 heteroatoms. The molecule has 0 radical (unpaired) electrons. The maximum Gasteiger partial charge on any atom is 0.270 e. The van der Waals surface area contributed by atoms with E-state index in [2.05, 4.69) is 10.4 Å². The predicted octanol–water partition coefficient (Wildman–Crippen LogP) is 4.21. The van der Waals surface area contributed by atoms with Gasteiger partial charge < -0.3 is 4.74 Å². The van der Waals surface area contributed by atoms with Crippen LogP contribution in [-0.2, 0) is 0 Å². The van der Waals surface area contributed by atoms with Gasteiger partial charge in [-0.05, 0) is 42.5 Å². The number of para-hydroxylation sites is 3. The molecule has 1 amide bonds. The molecule has 122 valence electrons. The fourth-order valence-corrected chi connectivity index (χ4v) is 2.55. The molecule has 0 saturated heterocycles. The van der Waals surface area contributed by atoms with E-state index in [-0.39, 0.29) is 5.91 Å². The molecule has 4 aromatic rings. The first-order valence-corrected chi connectivity index (χ1v) is 7.86. The van der Waals surface area contributed by atoms with Gasteiger partial charge in [0.2, 0.25) is 0 Å². The summed E-state index contributed by atoms with van der Waals surface area (Å²) in [4.78, 5) is 16.8. The molecule has 4 rings (SSSR count). The lowest BCUT2D eigenvalue weighted by Crippen LogP contribution is -2.21. The van der Waals surface area contributed by atoms with Crippen molar-refractivity contribution in [3.8, 4) is 11.5 Å². The number of fused-ring (bicyclic) bond motifs is 1. The van der Waals surface area contributed by atoms with Crippen molar-refractivity contribution in [3.63, 3.8) is 0 Å². The van der Waals surface area contributed by atoms with Gasteiger partial charge in [-0.15, -0.1) is 0 Å². The van der Waals surface area contributed by atoms with Crippen LogP contribution in [0.3, 0.4) is 0 Å². The third-order valence-corrected chi connectivity index (χ3v) is 3.75. The first kappa shape index (κ1) is 15.0. The number of nitrogens with zero attached hydrogens (tertiary/aromatic N) is 2. The zero-order chi connectivity index (χ0) is 17.1. The van der Waals surface area contributed by atoms with Crippen molar-refractivity contribution in [2.45, 2.75) is 0 Å². The molecule has 5 nitrogen and oxygen atoms in total. The first-order chi connectivity index (χ1) is 12.3. The van der Waals surface area contributed by atoms with Crippen LogP contribution >= 0.6 is 0 Å². The van der Waals surface area contributed by atoms with Gasteiger partial charge >= 0.3 is 0 Å². The van der Waals surface area contributed by atoms with Crippen LogP contribution in [0, 0.1) is 0 Å². The van der Waals surface area contributed by atoms with E-state index in [1.54, 1.807) is 29.2 Å². The highest BCUT2D eigenvalue weighted by molar-refractivity contribution is 6.01. The molecular weight excluding hydrogens is 314 g/mol. The molecule has 0 fully saturated rings. The van der Waals surface area contributed by atoms with Crippen molar-refractivity contribution < 1.29 is 9.53 Å². The van der Waals surface area contributed by atoms with Crippen molar-refractivity contribution in [1.29, 1.82) is 0 Å². The molecule has 3 aromatic carbocycles. The van der Waals surface area contributed by atoms with E-state index in [1.807, 2.05) is 60.7 Å². The fourth-order valence-electron chi connectivity index (χ4n) is 2.55. The van der Waals surface area contributed by atoms with Crippen LogP contribution in [0.5, 0.6) is 11.5 Å². The smallest absolute Gasteiger partial charge is 0.270 e. The Labute approximate surface area is 144 Å². The number of imidazole rings is 1. The number of aromatic nitrogens is 2. The zero-order valence-corrected chi connectivity index (χ0v) is 13.3. The molecule has 1 heterocycles. The molecule has 0 aliphatic rings. The van der Waals surface area contributed by atoms with Crippen LogP contribution in [0.25, 0.3) is 11.0 Å². The second-order valence-corrected chi connectivity index (χ2v) is 5.49. The topological polar surface area (TPSA) is 56.2 Å². The molecule has 0 unspecified atom stereocenters. The van der Waals surface area contributed by atoms with E-state index in [0.29, 0.717) is 11.3 Å². The van der Waals surface area contributed by atoms with Gasteiger partial charge in [0.1, 0.15) is 17.8 Å². The number of ether oxygens (including phenoxy) is 1. The first-order valence-electron chi connectivity index (χ1n) is 7.86. The van der Waals surface area contributed by atoms with E-state index >= 15 is 0 Å². The lowest BCUT2D eigenvalue weighted by molar-refractivity contribution is 0.101. The Balaban J connectivity index is 1.55. The quantitative estimate of drug-likeness (QED) is 0.610. The maximum absolute atomic E-state index is 12.5. The minimum Gasteiger partial charge on any atom is -0.457 e. The Morgan fingerprint density at radius 1 is 0.880 bits per heavy atom. The normalized spacial score (nSPS) is 10.6. The Hall–Kier alpha value is -3.60. The lowest BCUT2D eigenvalue weighted by Gasteiger charge is -2.09. The Morgan fingerprint density at radius 3 is 2.52 bits per heavy atom. The third kappa shape index (κ3) is 3.21. The summed E-state index contributed by atoms with van der Waals surface area (Å²) in [6, 6.07) is 24.1. The summed E-state index contributed by atoms with van der Waals surface area (Å²) in [5.74, 6) is 1.09. The van der Waals surface area contributed by atoms with Crippen molar-refractivity contribution in [2.24, 2.45) is 0 Å². The number of rotatable bonds is 4. The van der Waals surface area contributed by atoms with Crippen LogP contribution in [0.15, 0.2) is 85.2 Å². The van der Waals surface area contributed by atoms with E-state index in [9.17, 15) is 4.79 Å². The summed E-state index contributed by atoms with van der Waals surface area (Å²) in [5.41, 5.74) is 5.00. The second kappa shape index (κ2) is 6.49. The summed E-state index contributed by atoms with van der Waals surface area (Å²) in [6.07, 6.45) is 1.59. The van der Waals surface area contributed by atoms with Gasteiger partial charge in [-0.3, -0.25) is 10.2 Å². The molecule has 0 aliphatic carbocycles. The van der Waals surface area contributed by atoms with Gasteiger partial charge in [-0.1, -0.05) is 36.4 Å². The molecule has 1 N–H and O–H groups in total. The average molecular weight is 329 g/mol. The van der Waals surface area contributed by atoms with Gasteiger partial charge in [0.15, 0.2) is 0 Å². The van der Waals surface area contributed by atoms with Crippen LogP contribution in [0.1, 0.15) is 10.4 Å². The lowest BCUT2D eigenvalue weighted by atomic mass is 10.2. The fraction of sp³-hybridized carbons (Fsp3) is 0. The molecule has 0 saturated carbocycles. The summed E-state index contributed by atoms with van der Waals surface area (Å²) in [5, 5.41) is 0. The Bertz CT molecular complexity index is 1030. The van der Waals surface area contributed by atoms with E-state index in [1.165, 1.54) is 0 Å². The summed E-state index contributed by atoms with van der Waals surface area (Å²) in [6.45, 7) is 0. The molecule has 0 aliphatic heterocycles. The van der Waals surface area contributed by atoms with Crippen LogP contribution in [0.2, 0.25) is 0 Å². The van der Waals surface area contributed by atoms with E-state index in [0.717, 1.165) is 16.8 Å². The molecular formula is C20H15N3O2. The largest absolute Gasteiger partial charge is 0.457 e. The van der Waals surface area contributed by atoms with Gasteiger partial charge in [0.25, 0.3) is 5.91 Å². The molecule has 0 spiro atoms. The van der Waals surface area contributed by atoms with E-state index < -0.39 is 0 Å². The summed E-state index contributed by atoms with van der Waals surface area (Å²) >= 11 is 0. The molecule has 1 aromatic heterocycles. The van der Waals surface area contributed by atoms with Crippen LogP contribution < -0.4 is 10.2 Å². The summed E-state index contributed by atoms with van der Waals surface area (Å²) in [7, 11) is 0. The minimum absolute atomic E-state index is 0.235. The molecule has 25 heavy (non-hydrogen) atoms. The van der Waals surface area contributed by atoms with Crippen molar-refractivity contribution in [1.82, 2.24) is 9.66 Å². The van der Waals surface area contributed by atoms with Gasteiger partial charge in [-0.25, -0.2) is 9.66 Å². The van der Waals surface area contributed by atoms with Crippen LogP contribution in [-0.4, -0.2) is 15.6 Å². The highest BCUT2D eigenvalue weighted by Crippen LogP contribution is 2.22. The number of hydrogen-bond acceptors (Lipinski definition) is 3. The Kier molecular flexibility index (Phi) is 3.88. The standard InChI is InChI=1S/C20H15N3O2/c24-20(22-23-14-21-18-11-4-5-12-19(18)23)15-7-6-10-17(13-15)25-16-8-2-1-3-9-16/h1-14H,(H,22,24). The SMILES string of the molecule is O=C(Nn1cnc2ccccc21)c1cccc(Oc2ccccc2)c1. The van der Waals surface area contributed by atoms with E-state index in [4.69, 9.17) is 4.74 Å². The van der Waals surface area contributed by atoms with Gasteiger partial charge in [0.05, 0.1) is 11.0 Å². The number of nitrogens with one attached hydrogen (secondary N) is 1. The number of carbonyl (C=O) groups excluding carboxylic acids is 1. The number of benzene rings is 3. The highest BCUT2D eigenvalue weighted by atomic mass is 16.5. The van der Waals surface area contributed by atoms with Crippen molar-refractivity contribution >= 4 is 16.9 Å². The van der Waals surface area contributed by atoms with Crippen LogP contribution in [0.4, 0.5) is 0 Å². The van der Waals surface area contributed by atoms with Crippen molar-refractivity contribution in [2.75, 3.05) is 5.43 Å². The van der Waals surface area contributed by atoms with Gasteiger partial charge in [0, 0.05) is 5.56 Å². The second-order valence-electron chi connectivity index (χ2n) is 5.49. The monoisotopic (exact) mass is 329 g/mol. The zero-order valence-electron chi connectivity index (χ0n) is 13.3. The number of hydrogen-bond donors (Lipinski definition) is 1. The number of amides is 1. The Morgan fingerprint density at radius 2 is 1.64 bits per heavy atom. The van der Waals surface area contributed by atoms with Crippen molar-refractivity contribution in [3.05, 3.63) is 90.8 Å². The van der Waals surface area contributed by atoms with Gasteiger partial charge in [-0.2, -0.15) is 0 Å². The molecule has 0 bridgehead atoms. The average Bonchev–Trinajstić information content (AvgIpc) is 3.06. The predicted molar refractivity (Wildman–Crippen MR) is 96.4 cm³/mol. The number of carbonyl (C=O) groups is 1. The third-order valence-electron chi connectivity index (χ3n) is 3.75.